The highest BCUT2D eigenvalue weighted by Gasteiger charge is 2.46. The minimum atomic E-state index is -2.85. The van der Waals surface area contributed by atoms with Crippen LogP contribution in [0.1, 0.15) is 37.7 Å². The summed E-state index contributed by atoms with van der Waals surface area (Å²) >= 11 is 0. The molecule has 2 heterocycles. The molecule has 3 rings (SSSR count). The van der Waals surface area contributed by atoms with Gasteiger partial charge in [0.25, 0.3) is 0 Å². The topological polar surface area (TPSA) is 72.5 Å². The fraction of sp³-hybridized carbons (Fsp3) is 0.588. The van der Waals surface area contributed by atoms with E-state index < -0.39 is 15.9 Å². The van der Waals surface area contributed by atoms with Gasteiger partial charge in [0.05, 0.1) is 10.5 Å². The highest BCUT2D eigenvalue weighted by molar-refractivity contribution is 7.93. The summed E-state index contributed by atoms with van der Waals surface area (Å²) in [7, 11) is -2.85. The predicted molar refractivity (Wildman–Crippen MR) is 87.7 cm³/mol. The minimum absolute atomic E-state index is 0.142. The summed E-state index contributed by atoms with van der Waals surface area (Å²) in [4.78, 5) is 11.7. The van der Waals surface area contributed by atoms with E-state index in [2.05, 4.69) is 5.32 Å². The van der Waals surface area contributed by atoms with Gasteiger partial charge in [0.2, 0.25) is 0 Å². The van der Waals surface area contributed by atoms with E-state index in [4.69, 9.17) is 4.74 Å². The third-order valence-electron chi connectivity index (χ3n) is 4.97. The predicted octanol–water partition coefficient (Wildman–Crippen LogP) is 2.66. The average molecular weight is 337 g/mol. The van der Waals surface area contributed by atoms with E-state index in [0.29, 0.717) is 12.5 Å². The van der Waals surface area contributed by atoms with Crippen LogP contribution in [-0.4, -0.2) is 31.6 Å². The van der Waals surface area contributed by atoms with Crippen LogP contribution in [0.15, 0.2) is 30.3 Å². The maximum absolute atomic E-state index is 12.0. The molecule has 0 spiro atoms. The summed E-state index contributed by atoms with van der Waals surface area (Å²) in [6.07, 6.45) is 3.54. The van der Waals surface area contributed by atoms with E-state index in [0.717, 1.165) is 37.7 Å². The largest absolute Gasteiger partial charge is 0.445 e. The van der Waals surface area contributed by atoms with Gasteiger partial charge < -0.3 is 10.1 Å². The summed E-state index contributed by atoms with van der Waals surface area (Å²) in [5, 5.41) is 2.48. The molecular formula is C17H23NO4S. The van der Waals surface area contributed by atoms with Crippen LogP contribution in [0.2, 0.25) is 0 Å². The quantitative estimate of drug-likeness (QED) is 0.896. The SMILES string of the molecule is O=C(NCCC1CC2CCC(C1)S2(=O)=O)OCc1ccccc1. The lowest BCUT2D eigenvalue weighted by Crippen LogP contribution is -2.35. The number of ether oxygens (including phenoxy) is 1. The number of nitrogens with one attached hydrogen (secondary N) is 1. The van der Waals surface area contributed by atoms with Gasteiger partial charge in [0, 0.05) is 6.54 Å². The van der Waals surface area contributed by atoms with E-state index in [1.165, 1.54) is 0 Å². The average Bonchev–Trinajstić information content (AvgIpc) is 2.72. The Morgan fingerprint density at radius 2 is 1.78 bits per heavy atom. The van der Waals surface area contributed by atoms with Crippen molar-refractivity contribution < 1.29 is 17.9 Å². The van der Waals surface area contributed by atoms with Crippen molar-refractivity contribution in [1.29, 1.82) is 0 Å². The Hall–Kier alpha value is -1.56. The van der Waals surface area contributed by atoms with Crippen LogP contribution in [0.4, 0.5) is 4.79 Å². The standard InChI is InChI=1S/C17H23NO4S/c19-17(22-12-13-4-2-1-3-5-13)18-9-8-14-10-15-6-7-16(11-14)23(15,20)21/h1-5,14-16H,6-12H2,(H,18,19). The van der Waals surface area contributed by atoms with Crippen LogP contribution in [0.25, 0.3) is 0 Å². The van der Waals surface area contributed by atoms with Crippen molar-refractivity contribution in [3.05, 3.63) is 35.9 Å². The van der Waals surface area contributed by atoms with Crippen molar-refractivity contribution in [3.63, 3.8) is 0 Å². The second-order valence-electron chi connectivity index (χ2n) is 6.53. The number of carbonyl (C=O) groups excluding carboxylic acids is 1. The van der Waals surface area contributed by atoms with Crippen molar-refractivity contribution in [2.45, 2.75) is 49.2 Å². The van der Waals surface area contributed by atoms with Gasteiger partial charge in [-0.2, -0.15) is 0 Å². The molecule has 1 aromatic rings. The molecule has 6 heteroatoms. The molecule has 5 nitrogen and oxygen atoms in total. The highest BCUT2D eigenvalue weighted by atomic mass is 32.2. The molecule has 23 heavy (non-hydrogen) atoms. The Morgan fingerprint density at radius 1 is 1.13 bits per heavy atom. The summed E-state index contributed by atoms with van der Waals surface area (Å²) in [5.41, 5.74) is 0.955. The number of carbonyl (C=O) groups is 1. The second-order valence-corrected chi connectivity index (χ2v) is 9.04. The van der Waals surface area contributed by atoms with Crippen LogP contribution in [0.5, 0.6) is 0 Å². The van der Waals surface area contributed by atoms with Gasteiger partial charge in [-0.15, -0.1) is 0 Å². The Labute approximate surface area is 137 Å². The Morgan fingerprint density at radius 3 is 2.43 bits per heavy atom. The second kappa shape index (κ2) is 6.91. The molecule has 1 amide bonds. The lowest BCUT2D eigenvalue weighted by atomic mass is 9.96. The zero-order valence-corrected chi connectivity index (χ0v) is 13.9. The van der Waals surface area contributed by atoms with E-state index in [1.54, 1.807) is 0 Å². The summed E-state index contributed by atoms with van der Waals surface area (Å²) < 4.78 is 29.2. The van der Waals surface area contributed by atoms with Crippen LogP contribution < -0.4 is 5.32 Å². The van der Waals surface area contributed by atoms with Crippen LogP contribution in [0, 0.1) is 5.92 Å². The third-order valence-corrected chi connectivity index (χ3v) is 7.68. The molecule has 126 valence electrons. The van der Waals surface area contributed by atoms with E-state index in [1.807, 2.05) is 30.3 Å². The van der Waals surface area contributed by atoms with E-state index >= 15 is 0 Å². The van der Waals surface area contributed by atoms with Gasteiger partial charge in [0.1, 0.15) is 6.61 Å². The Kier molecular flexibility index (Phi) is 4.90. The van der Waals surface area contributed by atoms with Crippen LogP contribution >= 0.6 is 0 Å². The van der Waals surface area contributed by atoms with Gasteiger partial charge in [-0.1, -0.05) is 30.3 Å². The fourth-order valence-corrected chi connectivity index (χ4v) is 6.26. The van der Waals surface area contributed by atoms with Crippen molar-refractivity contribution >= 4 is 15.9 Å². The number of amides is 1. The first-order valence-corrected chi connectivity index (χ1v) is 9.84. The van der Waals surface area contributed by atoms with Gasteiger partial charge in [-0.3, -0.25) is 0 Å². The minimum Gasteiger partial charge on any atom is -0.445 e. The van der Waals surface area contributed by atoms with Crippen molar-refractivity contribution in [2.24, 2.45) is 5.92 Å². The molecule has 2 fully saturated rings. The maximum Gasteiger partial charge on any atom is 0.407 e. The highest BCUT2D eigenvalue weighted by Crippen LogP contribution is 2.42. The number of hydrogen-bond acceptors (Lipinski definition) is 4. The molecule has 1 aromatic carbocycles. The number of fused-ring (bicyclic) bond motifs is 2. The number of rotatable bonds is 5. The van der Waals surface area contributed by atoms with Gasteiger partial charge in [-0.25, -0.2) is 13.2 Å². The number of sulfone groups is 1. The van der Waals surface area contributed by atoms with Crippen molar-refractivity contribution in [3.8, 4) is 0 Å². The molecule has 0 radical (unpaired) electrons. The van der Waals surface area contributed by atoms with E-state index in [-0.39, 0.29) is 17.1 Å². The van der Waals surface area contributed by atoms with Gasteiger partial charge >= 0.3 is 6.09 Å². The first-order valence-electron chi connectivity index (χ1n) is 8.23. The maximum atomic E-state index is 12.0. The van der Waals surface area contributed by atoms with Crippen molar-refractivity contribution in [1.82, 2.24) is 5.32 Å². The van der Waals surface area contributed by atoms with Crippen LogP contribution in [-0.2, 0) is 21.2 Å². The molecule has 2 unspecified atom stereocenters. The fourth-order valence-electron chi connectivity index (χ4n) is 3.70. The molecule has 2 atom stereocenters. The van der Waals surface area contributed by atoms with Crippen molar-refractivity contribution in [2.75, 3.05) is 6.54 Å². The van der Waals surface area contributed by atoms with Gasteiger partial charge in [0.15, 0.2) is 9.84 Å². The molecule has 2 saturated heterocycles. The molecule has 2 aliphatic rings. The lowest BCUT2D eigenvalue weighted by molar-refractivity contribution is 0.139. The van der Waals surface area contributed by atoms with Gasteiger partial charge in [-0.05, 0) is 43.6 Å². The monoisotopic (exact) mass is 337 g/mol. The molecule has 2 bridgehead atoms. The molecule has 1 N–H and O–H groups in total. The zero-order valence-electron chi connectivity index (χ0n) is 13.1. The van der Waals surface area contributed by atoms with Crippen LogP contribution in [0.3, 0.4) is 0 Å². The van der Waals surface area contributed by atoms with E-state index in [9.17, 15) is 13.2 Å². The zero-order chi connectivity index (χ0) is 16.3. The Balaban J connectivity index is 1.36. The smallest absolute Gasteiger partial charge is 0.407 e. The number of alkyl carbamates (subject to hydrolysis) is 1. The molecule has 2 aliphatic heterocycles. The number of hydrogen-bond donors (Lipinski definition) is 1. The first-order chi connectivity index (χ1) is 11.1. The molecule has 0 saturated carbocycles. The summed E-state index contributed by atoms with van der Waals surface area (Å²) in [6, 6.07) is 9.54. The molecule has 0 aliphatic carbocycles. The third kappa shape index (κ3) is 3.86. The number of benzene rings is 1. The molecular weight excluding hydrogens is 314 g/mol. The summed E-state index contributed by atoms with van der Waals surface area (Å²) in [6.45, 7) is 0.802. The first kappa shape index (κ1) is 16.3. The lowest BCUT2D eigenvalue weighted by Gasteiger charge is -2.27. The summed E-state index contributed by atoms with van der Waals surface area (Å²) in [5.74, 6) is 0.394. The Bertz CT molecular complexity index is 624. The normalized spacial score (nSPS) is 28.3. The molecule has 0 aromatic heterocycles.